The van der Waals surface area contributed by atoms with Crippen molar-refractivity contribution in [2.75, 3.05) is 58.9 Å². The van der Waals surface area contributed by atoms with Gasteiger partial charge in [0.2, 0.25) is 0 Å². The minimum atomic E-state index is 0.410. The molecule has 0 N–H and O–H groups in total. The van der Waals surface area contributed by atoms with Crippen molar-refractivity contribution < 1.29 is 9.28 Å². The Bertz CT molecular complexity index is 264. The molecule has 0 unspecified atom stereocenters. The SMILES string of the molecule is O=C(C[N+]12CCN(CC1)CC2)N1CCCC1. The van der Waals surface area contributed by atoms with E-state index in [9.17, 15) is 4.79 Å². The largest absolute Gasteiger partial charge is 0.338 e. The average molecular weight is 224 g/mol. The first-order valence-electron chi connectivity index (χ1n) is 6.63. The molecule has 4 aliphatic heterocycles. The van der Waals surface area contributed by atoms with Gasteiger partial charge >= 0.3 is 0 Å². The van der Waals surface area contributed by atoms with Crippen LogP contribution in [0, 0.1) is 0 Å². The third-order valence-corrected chi connectivity index (χ3v) is 4.60. The van der Waals surface area contributed by atoms with E-state index in [1.807, 2.05) is 0 Å². The fourth-order valence-corrected chi connectivity index (χ4v) is 3.32. The Kier molecular flexibility index (Phi) is 2.64. The highest BCUT2D eigenvalue weighted by molar-refractivity contribution is 5.77. The lowest BCUT2D eigenvalue weighted by atomic mass is 10.1. The molecule has 0 aromatic heterocycles. The van der Waals surface area contributed by atoms with E-state index in [0.717, 1.165) is 24.1 Å². The molecule has 4 heteroatoms. The Morgan fingerprint density at radius 1 is 0.938 bits per heavy atom. The van der Waals surface area contributed by atoms with Crippen molar-refractivity contribution in [1.29, 1.82) is 0 Å². The summed E-state index contributed by atoms with van der Waals surface area (Å²) in [6.07, 6.45) is 2.42. The predicted octanol–water partition coefficient (Wildman–Crippen LogP) is -0.245. The molecule has 1 amide bonds. The van der Waals surface area contributed by atoms with Gasteiger partial charge in [0.05, 0.1) is 19.6 Å². The van der Waals surface area contributed by atoms with Crippen LogP contribution < -0.4 is 0 Å². The van der Waals surface area contributed by atoms with Gasteiger partial charge in [0, 0.05) is 32.7 Å². The fourth-order valence-electron chi connectivity index (χ4n) is 3.32. The highest BCUT2D eigenvalue weighted by atomic mass is 16.2. The number of likely N-dealkylation sites (tertiary alicyclic amines) is 1. The van der Waals surface area contributed by atoms with Crippen molar-refractivity contribution in [2.24, 2.45) is 0 Å². The van der Waals surface area contributed by atoms with Gasteiger partial charge in [-0.2, -0.15) is 0 Å². The van der Waals surface area contributed by atoms with E-state index in [1.54, 1.807) is 0 Å². The van der Waals surface area contributed by atoms with Gasteiger partial charge in [-0.25, -0.2) is 0 Å². The summed E-state index contributed by atoms with van der Waals surface area (Å²) in [6, 6.07) is 0. The topological polar surface area (TPSA) is 23.6 Å². The Hall–Kier alpha value is -0.610. The second kappa shape index (κ2) is 4.00. The van der Waals surface area contributed by atoms with Crippen molar-refractivity contribution >= 4 is 5.91 Å². The van der Waals surface area contributed by atoms with Crippen molar-refractivity contribution in [3.63, 3.8) is 0 Å². The van der Waals surface area contributed by atoms with Crippen LogP contribution in [-0.2, 0) is 4.79 Å². The molecule has 4 rings (SSSR count). The van der Waals surface area contributed by atoms with Gasteiger partial charge in [-0.05, 0) is 12.8 Å². The monoisotopic (exact) mass is 224 g/mol. The zero-order valence-electron chi connectivity index (χ0n) is 10.0. The molecule has 90 valence electrons. The molecule has 0 atom stereocenters. The van der Waals surface area contributed by atoms with Crippen LogP contribution in [0.5, 0.6) is 0 Å². The summed E-state index contributed by atoms with van der Waals surface area (Å²) in [5, 5.41) is 0. The number of amides is 1. The van der Waals surface area contributed by atoms with E-state index >= 15 is 0 Å². The molecule has 4 fully saturated rings. The van der Waals surface area contributed by atoms with Gasteiger partial charge in [0.15, 0.2) is 6.54 Å². The molecule has 4 saturated heterocycles. The maximum Gasteiger partial charge on any atom is 0.277 e. The quantitative estimate of drug-likeness (QED) is 0.604. The second-order valence-corrected chi connectivity index (χ2v) is 5.60. The summed E-state index contributed by atoms with van der Waals surface area (Å²) in [6.45, 7) is 9.97. The van der Waals surface area contributed by atoms with Crippen LogP contribution in [0.3, 0.4) is 0 Å². The maximum atomic E-state index is 12.2. The minimum absolute atomic E-state index is 0.410. The van der Waals surface area contributed by atoms with Crippen molar-refractivity contribution in [2.45, 2.75) is 12.8 Å². The standard InChI is InChI=1S/C12H22N3O/c16-12(14-3-1-2-4-14)11-15-8-5-13(6-9-15)7-10-15/h1-11H2/q+1. The maximum absolute atomic E-state index is 12.2. The second-order valence-electron chi connectivity index (χ2n) is 5.60. The van der Waals surface area contributed by atoms with E-state index in [4.69, 9.17) is 0 Å². The molecule has 0 aromatic carbocycles. The number of fused-ring (bicyclic) bond motifs is 3. The first-order valence-corrected chi connectivity index (χ1v) is 6.63. The third kappa shape index (κ3) is 1.84. The van der Waals surface area contributed by atoms with E-state index < -0.39 is 0 Å². The van der Waals surface area contributed by atoms with E-state index in [-0.39, 0.29) is 0 Å². The molecule has 2 bridgehead atoms. The van der Waals surface area contributed by atoms with Crippen LogP contribution in [0.25, 0.3) is 0 Å². The Morgan fingerprint density at radius 3 is 2.06 bits per heavy atom. The Balaban J connectivity index is 1.62. The molecule has 4 aliphatic rings. The highest BCUT2D eigenvalue weighted by Gasteiger charge is 2.40. The van der Waals surface area contributed by atoms with Crippen LogP contribution >= 0.6 is 0 Å². The number of piperazine rings is 3. The van der Waals surface area contributed by atoms with Gasteiger partial charge in [0.25, 0.3) is 5.91 Å². The van der Waals surface area contributed by atoms with Gasteiger partial charge in [-0.15, -0.1) is 0 Å². The smallest absolute Gasteiger partial charge is 0.277 e. The Morgan fingerprint density at radius 2 is 1.50 bits per heavy atom. The minimum Gasteiger partial charge on any atom is -0.338 e. The Labute approximate surface area is 97.4 Å². The molecule has 0 saturated carbocycles. The predicted molar refractivity (Wildman–Crippen MR) is 62.0 cm³/mol. The number of carbonyl (C=O) groups is 1. The van der Waals surface area contributed by atoms with Crippen molar-refractivity contribution in [1.82, 2.24) is 9.80 Å². The summed E-state index contributed by atoms with van der Waals surface area (Å²) in [4.78, 5) is 16.8. The van der Waals surface area contributed by atoms with Gasteiger partial charge in [0.1, 0.15) is 0 Å². The zero-order chi connectivity index (χ0) is 11.0. The number of quaternary nitrogens is 1. The summed E-state index contributed by atoms with van der Waals surface area (Å²) >= 11 is 0. The van der Waals surface area contributed by atoms with Crippen LogP contribution in [0.4, 0.5) is 0 Å². The zero-order valence-corrected chi connectivity index (χ0v) is 10.0. The third-order valence-electron chi connectivity index (χ3n) is 4.60. The summed E-state index contributed by atoms with van der Waals surface area (Å²) < 4.78 is 1.08. The molecule has 0 spiro atoms. The lowest BCUT2D eigenvalue weighted by Gasteiger charge is -2.50. The number of hydrogen-bond donors (Lipinski definition) is 0. The van der Waals surface area contributed by atoms with Crippen LogP contribution in [0.15, 0.2) is 0 Å². The van der Waals surface area contributed by atoms with Crippen LogP contribution in [0.2, 0.25) is 0 Å². The molecule has 0 aromatic rings. The molecular formula is C12H22N3O+. The lowest BCUT2D eigenvalue weighted by molar-refractivity contribution is -0.934. The number of nitrogens with zero attached hydrogens (tertiary/aromatic N) is 3. The molecule has 0 radical (unpaired) electrons. The number of rotatable bonds is 2. The molecular weight excluding hydrogens is 202 g/mol. The number of carbonyl (C=O) groups excluding carboxylic acids is 1. The first-order chi connectivity index (χ1) is 7.77. The number of hydrogen-bond acceptors (Lipinski definition) is 2. The van der Waals surface area contributed by atoms with Gasteiger partial charge in [-0.1, -0.05) is 0 Å². The fraction of sp³-hybridized carbons (Fsp3) is 0.917. The first kappa shape index (κ1) is 10.5. The van der Waals surface area contributed by atoms with Crippen LogP contribution in [0.1, 0.15) is 12.8 Å². The molecule has 4 heterocycles. The highest BCUT2D eigenvalue weighted by Crippen LogP contribution is 2.20. The van der Waals surface area contributed by atoms with Crippen molar-refractivity contribution in [3.8, 4) is 0 Å². The molecule has 0 aliphatic carbocycles. The van der Waals surface area contributed by atoms with Gasteiger partial charge < -0.3 is 9.38 Å². The lowest BCUT2D eigenvalue weighted by Crippen LogP contribution is -2.69. The summed E-state index contributed by atoms with van der Waals surface area (Å²) in [5.41, 5.74) is 0. The molecule has 16 heavy (non-hydrogen) atoms. The summed E-state index contributed by atoms with van der Waals surface area (Å²) in [7, 11) is 0. The summed E-state index contributed by atoms with van der Waals surface area (Å²) in [5.74, 6) is 0.410. The van der Waals surface area contributed by atoms with E-state index in [1.165, 1.54) is 52.1 Å². The van der Waals surface area contributed by atoms with Crippen LogP contribution in [-0.4, -0.2) is 79.1 Å². The van der Waals surface area contributed by atoms with Crippen molar-refractivity contribution in [3.05, 3.63) is 0 Å². The van der Waals surface area contributed by atoms with Gasteiger partial charge in [-0.3, -0.25) is 9.69 Å². The van der Waals surface area contributed by atoms with E-state index in [0.29, 0.717) is 5.91 Å². The molecule has 4 nitrogen and oxygen atoms in total. The van der Waals surface area contributed by atoms with E-state index in [2.05, 4.69) is 9.80 Å². The normalized spacial score (nSPS) is 38.0. The average Bonchev–Trinajstić information content (AvgIpc) is 2.84.